The highest BCUT2D eigenvalue weighted by atomic mass is 79.9. The van der Waals surface area contributed by atoms with Crippen molar-refractivity contribution in [3.63, 3.8) is 0 Å². The third-order valence-electron chi connectivity index (χ3n) is 2.14. The van der Waals surface area contributed by atoms with Gasteiger partial charge < -0.3 is 10.6 Å². The molecule has 4 heteroatoms. The Hall–Kier alpha value is -1.03. The van der Waals surface area contributed by atoms with Gasteiger partial charge in [-0.15, -0.1) is 0 Å². The largest absolute Gasteiger partial charge is 0.384 e. The van der Waals surface area contributed by atoms with Gasteiger partial charge in [-0.25, -0.2) is 0 Å². The van der Waals surface area contributed by atoms with Gasteiger partial charge in [0.25, 0.3) is 0 Å². The van der Waals surface area contributed by atoms with Crippen LogP contribution in [0.4, 0.5) is 5.69 Å². The van der Waals surface area contributed by atoms with Crippen molar-refractivity contribution in [3.05, 3.63) is 28.2 Å². The van der Waals surface area contributed by atoms with Crippen LogP contribution in [0, 0.1) is 5.41 Å². The molecule has 0 unspecified atom stereocenters. The van der Waals surface area contributed by atoms with E-state index < -0.39 is 0 Å². The summed E-state index contributed by atoms with van der Waals surface area (Å²) in [6, 6.07) is 5.68. The van der Waals surface area contributed by atoms with E-state index in [1.165, 1.54) is 0 Å². The van der Waals surface area contributed by atoms with E-state index in [9.17, 15) is 0 Å². The molecule has 76 valence electrons. The van der Waals surface area contributed by atoms with E-state index in [0.29, 0.717) is 0 Å². The number of hydrogen-bond donors (Lipinski definition) is 2. The number of nitrogen functional groups attached to an aromatic ring is 1. The molecule has 1 aromatic carbocycles. The maximum Gasteiger partial charge on any atom is 0.122 e. The number of nitrogens with two attached hydrogens (primary N) is 1. The average Bonchev–Trinajstić information content (AvgIpc) is 2.16. The van der Waals surface area contributed by atoms with Gasteiger partial charge in [0.1, 0.15) is 5.84 Å². The molecule has 0 aliphatic carbocycles. The highest BCUT2D eigenvalue weighted by Gasteiger charge is 2.05. The van der Waals surface area contributed by atoms with Crippen LogP contribution < -0.4 is 10.6 Å². The van der Waals surface area contributed by atoms with Crippen molar-refractivity contribution in [1.82, 2.24) is 0 Å². The van der Waals surface area contributed by atoms with Crippen molar-refractivity contribution in [1.29, 1.82) is 5.41 Å². The van der Waals surface area contributed by atoms with Crippen LogP contribution in [-0.2, 0) is 0 Å². The summed E-state index contributed by atoms with van der Waals surface area (Å²) in [7, 11) is 2.02. The fourth-order valence-electron chi connectivity index (χ4n) is 1.15. The zero-order valence-corrected chi connectivity index (χ0v) is 9.93. The second kappa shape index (κ2) is 4.46. The number of rotatable bonds is 3. The molecule has 0 aliphatic rings. The number of nitrogens with zero attached hydrogens (tertiary/aromatic N) is 1. The summed E-state index contributed by atoms with van der Waals surface area (Å²) in [5.74, 6) is 0.0939. The van der Waals surface area contributed by atoms with Gasteiger partial charge in [0.2, 0.25) is 0 Å². The number of halogens is 1. The minimum atomic E-state index is 0.0939. The van der Waals surface area contributed by atoms with Crippen LogP contribution in [0.2, 0.25) is 0 Å². The fraction of sp³-hybridized carbons (Fsp3) is 0.300. The molecule has 0 radical (unpaired) electrons. The summed E-state index contributed by atoms with van der Waals surface area (Å²) in [6.07, 6.45) is 0. The second-order valence-corrected chi connectivity index (χ2v) is 3.95. The van der Waals surface area contributed by atoms with Crippen LogP contribution in [0.3, 0.4) is 0 Å². The first-order valence-electron chi connectivity index (χ1n) is 4.41. The molecule has 0 spiro atoms. The van der Waals surface area contributed by atoms with E-state index in [-0.39, 0.29) is 5.84 Å². The Morgan fingerprint density at radius 3 is 2.64 bits per heavy atom. The van der Waals surface area contributed by atoms with Gasteiger partial charge in [-0.05, 0) is 41.1 Å². The lowest BCUT2D eigenvalue weighted by atomic mass is 10.2. The highest BCUT2D eigenvalue weighted by Crippen LogP contribution is 2.26. The van der Waals surface area contributed by atoms with Crippen LogP contribution >= 0.6 is 15.9 Å². The first kappa shape index (κ1) is 11.0. The van der Waals surface area contributed by atoms with E-state index in [1.807, 2.05) is 25.2 Å². The van der Waals surface area contributed by atoms with Crippen LogP contribution in [0.1, 0.15) is 12.5 Å². The summed E-state index contributed by atoms with van der Waals surface area (Å²) >= 11 is 3.46. The quantitative estimate of drug-likeness (QED) is 0.643. The van der Waals surface area contributed by atoms with Gasteiger partial charge in [0, 0.05) is 23.6 Å². The van der Waals surface area contributed by atoms with E-state index >= 15 is 0 Å². The van der Waals surface area contributed by atoms with Crippen LogP contribution in [0.5, 0.6) is 0 Å². The molecule has 0 saturated heterocycles. The normalized spacial score (nSPS) is 9.93. The molecule has 0 heterocycles. The third kappa shape index (κ3) is 2.26. The minimum absolute atomic E-state index is 0.0939. The zero-order chi connectivity index (χ0) is 10.7. The van der Waals surface area contributed by atoms with E-state index in [1.54, 1.807) is 0 Å². The second-order valence-electron chi connectivity index (χ2n) is 3.09. The maximum absolute atomic E-state index is 7.30. The molecule has 1 rings (SSSR count). The molecule has 14 heavy (non-hydrogen) atoms. The fourth-order valence-corrected chi connectivity index (χ4v) is 1.84. The summed E-state index contributed by atoms with van der Waals surface area (Å²) < 4.78 is 0.967. The summed E-state index contributed by atoms with van der Waals surface area (Å²) in [5, 5.41) is 7.30. The molecule has 3 nitrogen and oxygen atoms in total. The first-order chi connectivity index (χ1) is 6.56. The Morgan fingerprint density at radius 1 is 1.57 bits per heavy atom. The standard InChI is InChI=1S/C10H14BrN3/c1-3-14(2)9-5-4-7(10(12)13)6-8(9)11/h4-6H,3H2,1-2H3,(H3,12,13). The van der Waals surface area contributed by atoms with Crippen molar-refractivity contribution < 1.29 is 0 Å². The third-order valence-corrected chi connectivity index (χ3v) is 2.78. The molecule has 1 aromatic rings. The monoisotopic (exact) mass is 255 g/mol. The molecule has 0 bridgehead atoms. The Morgan fingerprint density at radius 2 is 2.21 bits per heavy atom. The van der Waals surface area contributed by atoms with Crippen molar-refractivity contribution >= 4 is 27.5 Å². The van der Waals surface area contributed by atoms with E-state index in [4.69, 9.17) is 11.1 Å². The maximum atomic E-state index is 7.30. The van der Waals surface area contributed by atoms with Gasteiger partial charge in [-0.1, -0.05) is 0 Å². The van der Waals surface area contributed by atoms with Crippen molar-refractivity contribution in [2.75, 3.05) is 18.5 Å². The summed E-state index contributed by atoms with van der Waals surface area (Å²) in [4.78, 5) is 2.12. The number of nitrogens with one attached hydrogen (secondary N) is 1. The average molecular weight is 256 g/mol. The molecule has 0 amide bonds. The lowest BCUT2D eigenvalue weighted by Crippen LogP contribution is -2.17. The summed E-state index contributed by atoms with van der Waals surface area (Å²) in [6.45, 7) is 3.03. The van der Waals surface area contributed by atoms with E-state index in [2.05, 4.69) is 27.8 Å². The molecular formula is C10H14BrN3. The van der Waals surface area contributed by atoms with Gasteiger partial charge in [0.15, 0.2) is 0 Å². The molecule has 0 aliphatic heterocycles. The van der Waals surface area contributed by atoms with Gasteiger partial charge in [-0.3, -0.25) is 5.41 Å². The Bertz CT molecular complexity index is 349. The molecule has 0 aromatic heterocycles. The number of hydrogen-bond acceptors (Lipinski definition) is 2. The van der Waals surface area contributed by atoms with E-state index in [0.717, 1.165) is 22.3 Å². The van der Waals surface area contributed by atoms with Crippen molar-refractivity contribution in [2.45, 2.75) is 6.92 Å². The van der Waals surface area contributed by atoms with Crippen LogP contribution in [0.25, 0.3) is 0 Å². The lowest BCUT2D eigenvalue weighted by Gasteiger charge is -2.18. The number of amidine groups is 1. The Balaban J connectivity index is 3.07. The molecular weight excluding hydrogens is 242 g/mol. The van der Waals surface area contributed by atoms with Gasteiger partial charge in [0.05, 0.1) is 5.69 Å². The van der Waals surface area contributed by atoms with Gasteiger partial charge >= 0.3 is 0 Å². The predicted octanol–water partition coefficient (Wildman–Crippen LogP) is 2.19. The predicted molar refractivity (Wildman–Crippen MR) is 64.1 cm³/mol. The molecule has 0 atom stereocenters. The van der Waals surface area contributed by atoms with Crippen LogP contribution in [0.15, 0.2) is 22.7 Å². The van der Waals surface area contributed by atoms with Crippen molar-refractivity contribution in [3.8, 4) is 0 Å². The molecule has 3 N–H and O–H groups in total. The molecule has 0 saturated carbocycles. The van der Waals surface area contributed by atoms with Crippen LogP contribution in [-0.4, -0.2) is 19.4 Å². The zero-order valence-electron chi connectivity index (χ0n) is 8.34. The summed E-state index contributed by atoms with van der Waals surface area (Å²) in [5.41, 5.74) is 7.24. The SMILES string of the molecule is CCN(C)c1ccc(C(=N)N)cc1Br. The number of benzene rings is 1. The lowest BCUT2D eigenvalue weighted by molar-refractivity contribution is 0.964. The smallest absolute Gasteiger partial charge is 0.122 e. The topological polar surface area (TPSA) is 53.1 Å². The highest BCUT2D eigenvalue weighted by molar-refractivity contribution is 9.10. The van der Waals surface area contributed by atoms with Crippen molar-refractivity contribution in [2.24, 2.45) is 5.73 Å². The minimum Gasteiger partial charge on any atom is -0.384 e. The number of anilines is 1. The van der Waals surface area contributed by atoms with Gasteiger partial charge in [-0.2, -0.15) is 0 Å². The molecule has 0 fully saturated rings. The first-order valence-corrected chi connectivity index (χ1v) is 5.20. The Labute approximate surface area is 92.5 Å². The Kier molecular flexibility index (Phi) is 3.52.